The number of nitrogens with zero attached hydrogens (tertiary/aromatic N) is 1. The van der Waals surface area contributed by atoms with Gasteiger partial charge in [-0.05, 0) is 17.7 Å². The van der Waals surface area contributed by atoms with E-state index in [0.29, 0.717) is 24.7 Å². The number of rotatable bonds is 5. The highest BCUT2D eigenvalue weighted by Crippen LogP contribution is 2.11. The Labute approximate surface area is 117 Å². The van der Waals surface area contributed by atoms with Crippen molar-refractivity contribution < 1.29 is 14.3 Å². The Kier molecular flexibility index (Phi) is 6.15. The van der Waals surface area contributed by atoms with Crippen LogP contribution in [0.5, 0.6) is 0 Å². The minimum Gasteiger partial charge on any atom is -0.453 e. The molecule has 0 heterocycles. The van der Waals surface area contributed by atoms with E-state index < -0.39 is 6.09 Å². The van der Waals surface area contributed by atoms with E-state index in [1.807, 2.05) is 12.1 Å². The molecule has 2 amide bonds. The first kappa shape index (κ1) is 15.3. The topological polar surface area (TPSA) is 58.6 Å². The molecule has 1 aromatic rings. The lowest BCUT2D eigenvalue weighted by molar-refractivity contribution is -0.129. The fraction of sp³-hybridized carbons (Fsp3) is 0.385. The number of halogens is 1. The second-order valence-corrected chi connectivity index (χ2v) is 4.42. The van der Waals surface area contributed by atoms with Gasteiger partial charge in [0.1, 0.15) is 0 Å². The molecule has 104 valence electrons. The largest absolute Gasteiger partial charge is 0.453 e. The molecule has 0 bridgehead atoms. The molecule has 1 rings (SSSR count). The maximum Gasteiger partial charge on any atom is 0.406 e. The summed E-state index contributed by atoms with van der Waals surface area (Å²) in [4.78, 5) is 24.1. The number of carbonyl (C=O) groups excluding carboxylic acids is 2. The zero-order valence-corrected chi connectivity index (χ0v) is 11.7. The summed E-state index contributed by atoms with van der Waals surface area (Å²) in [6.45, 7) is 2.75. The normalized spacial score (nSPS) is 9.84. The predicted molar refractivity (Wildman–Crippen MR) is 73.0 cm³/mol. The van der Waals surface area contributed by atoms with E-state index in [9.17, 15) is 9.59 Å². The molecule has 0 aliphatic heterocycles. The number of methoxy groups -OCH3 is 1. The van der Waals surface area contributed by atoms with Crippen molar-refractivity contribution in [2.75, 3.05) is 20.2 Å². The lowest BCUT2D eigenvalue weighted by Crippen LogP contribution is -2.37. The van der Waals surface area contributed by atoms with Gasteiger partial charge in [-0.15, -0.1) is 0 Å². The van der Waals surface area contributed by atoms with Gasteiger partial charge in [-0.1, -0.05) is 23.7 Å². The summed E-state index contributed by atoms with van der Waals surface area (Å²) in [5.41, 5.74) is 0.984. The molecule has 19 heavy (non-hydrogen) atoms. The van der Waals surface area contributed by atoms with Crippen LogP contribution >= 0.6 is 11.6 Å². The van der Waals surface area contributed by atoms with E-state index >= 15 is 0 Å². The van der Waals surface area contributed by atoms with E-state index in [4.69, 9.17) is 11.6 Å². The number of hydrogen-bond donors (Lipinski definition) is 1. The van der Waals surface area contributed by atoms with Gasteiger partial charge in [-0.2, -0.15) is 0 Å². The lowest BCUT2D eigenvalue weighted by Gasteiger charge is -2.21. The van der Waals surface area contributed by atoms with Crippen molar-refractivity contribution in [2.45, 2.75) is 13.5 Å². The number of amides is 2. The van der Waals surface area contributed by atoms with Crippen molar-refractivity contribution in [3.8, 4) is 0 Å². The molecule has 0 spiro atoms. The van der Waals surface area contributed by atoms with Gasteiger partial charge in [-0.3, -0.25) is 4.79 Å². The van der Waals surface area contributed by atoms with Crippen LogP contribution in [0.1, 0.15) is 12.5 Å². The maximum absolute atomic E-state index is 11.5. The van der Waals surface area contributed by atoms with Gasteiger partial charge >= 0.3 is 6.09 Å². The van der Waals surface area contributed by atoms with Crippen LogP contribution in [-0.2, 0) is 16.1 Å². The fourth-order valence-corrected chi connectivity index (χ4v) is 1.65. The second kappa shape index (κ2) is 7.63. The van der Waals surface area contributed by atoms with Crippen molar-refractivity contribution in [1.82, 2.24) is 10.2 Å². The van der Waals surface area contributed by atoms with E-state index in [1.165, 1.54) is 14.0 Å². The molecule has 0 unspecified atom stereocenters. The van der Waals surface area contributed by atoms with E-state index in [2.05, 4.69) is 10.1 Å². The first-order chi connectivity index (χ1) is 9.02. The molecule has 5 nitrogen and oxygen atoms in total. The molecule has 0 atom stereocenters. The highest BCUT2D eigenvalue weighted by Gasteiger charge is 2.10. The quantitative estimate of drug-likeness (QED) is 0.900. The van der Waals surface area contributed by atoms with E-state index in [0.717, 1.165) is 5.56 Å². The van der Waals surface area contributed by atoms with Crippen LogP contribution in [0.25, 0.3) is 0 Å². The highest BCUT2D eigenvalue weighted by molar-refractivity contribution is 6.30. The third kappa shape index (κ3) is 5.61. The van der Waals surface area contributed by atoms with E-state index in [-0.39, 0.29) is 5.91 Å². The first-order valence-corrected chi connectivity index (χ1v) is 6.22. The Balaban J connectivity index is 2.51. The molecule has 1 N–H and O–H groups in total. The molecule has 0 radical (unpaired) electrons. The molecular weight excluding hydrogens is 268 g/mol. The van der Waals surface area contributed by atoms with Gasteiger partial charge < -0.3 is 15.0 Å². The molecular formula is C13H17ClN2O3. The molecule has 0 saturated carbocycles. The standard InChI is InChI=1S/C13H17ClN2O3/c1-10(17)16(8-7-15-13(18)19-2)9-11-3-5-12(14)6-4-11/h3-6H,7-9H2,1-2H3,(H,15,18). The average molecular weight is 285 g/mol. The molecule has 0 aliphatic carbocycles. The Hall–Kier alpha value is -1.75. The van der Waals surface area contributed by atoms with Gasteiger partial charge in [0, 0.05) is 31.6 Å². The minimum atomic E-state index is -0.505. The molecule has 0 fully saturated rings. The van der Waals surface area contributed by atoms with Crippen LogP contribution in [0.2, 0.25) is 5.02 Å². The molecule has 0 saturated heterocycles. The summed E-state index contributed by atoms with van der Waals surface area (Å²) >= 11 is 5.80. The summed E-state index contributed by atoms with van der Waals surface area (Å²) in [6, 6.07) is 7.29. The van der Waals surface area contributed by atoms with Crippen LogP contribution in [0.15, 0.2) is 24.3 Å². The summed E-state index contributed by atoms with van der Waals surface area (Å²) < 4.78 is 4.46. The lowest BCUT2D eigenvalue weighted by atomic mass is 10.2. The second-order valence-electron chi connectivity index (χ2n) is 3.99. The number of nitrogens with one attached hydrogen (secondary N) is 1. The SMILES string of the molecule is COC(=O)NCCN(Cc1ccc(Cl)cc1)C(C)=O. The Morgan fingerprint density at radius 2 is 1.95 bits per heavy atom. The minimum absolute atomic E-state index is 0.0541. The molecule has 0 aliphatic rings. The van der Waals surface area contributed by atoms with Crippen molar-refractivity contribution in [2.24, 2.45) is 0 Å². The average Bonchev–Trinajstić information content (AvgIpc) is 2.39. The maximum atomic E-state index is 11.5. The van der Waals surface area contributed by atoms with Crippen LogP contribution in [-0.4, -0.2) is 37.1 Å². The van der Waals surface area contributed by atoms with Crippen molar-refractivity contribution in [3.63, 3.8) is 0 Å². The van der Waals surface area contributed by atoms with E-state index in [1.54, 1.807) is 17.0 Å². The molecule has 6 heteroatoms. The number of hydrogen-bond acceptors (Lipinski definition) is 3. The van der Waals surface area contributed by atoms with Gasteiger partial charge in [0.15, 0.2) is 0 Å². The Morgan fingerprint density at radius 3 is 2.47 bits per heavy atom. The Morgan fingerprint density at radius 1 is 1.32 bits per heavy atom. The summed E-state index contributed by atoms with van der Waals surface area (Å²) in [7, 11) is 1.30. The first-order valence-electron chi connectivity index (χ1n) is 5.84. The number of benzene rings is 1. The fourth-order valence-electron chi connectivity index (χ4n) is 1.52. The monoisotopic (exact) mass is 284 g/mol. The summed E-state index contributed by atoms with van der Waals surface area (Å²) in [6.07, 6.45) is -0.505. The number of alkyl carbamates (subject to hydrolysis) is 1. The smallest absolute Gasteiger partial charge is 0.406 e. The number of carbonyl (C=O) groups is 2. The summed E-state index contributed by atoms with van der Waals surface area (Å²) in [5.74, 6) is -0.0541. The van der Waals surface area contributed by atoms with Crippen LogP contribution in [0, 0.1) is 0 Å². The summed E-state index contributed by atoms with van der Waals surface area (Å²) in [5, 5.41) is 3.19. The van der Waals surface area contributed by atoms with Gasteiger partial charge in [0.2, 0.25) is 5.91 Å². The van der Waals surface area contributed by atoms with Crippen LogP contribution < -0.4 is 5.32 Å². The Bertz CT molecular complexity index is 434. The predicted octanol–water partition coefficient (Wildman–Crippen LogP) is 2.04. The van der Waals surface area contributed by atoms with Crippen molar-refractivity contribution in [3.05, 3.63) is 34.9 Å². The zero-order chi connectivity index (χ0) is 14.3. The number of ether oxygens (including phenoxy) is 1. The van der Waals surface area contributed by atoms with Crippen LogP contribution in [0.3, 0.4) is 0 Å². The third-order valence-corrected chi connectivity index (χ3v) is 2.82. The molecule has 0 aromatic heterocycles. The highest BCUT2D eigenvalue weighted by atomic mass is 35.5. The van der Waals surface area contributed by atoms with Crippen LogP contribution in [0.4, 0.5) is 4.79 Å². The zero-order valence-electron chi connectivity index (χ0n) is 11.0. The van der Waals surface area contributed by atoms with Gasteiger partial charge in [0.05, 0.1) is 7.11 Å². The van der Waals surface area contributed by atoms with Crippen molar-refractivity contribution in [1.29, 1.82) is 0 Å². The van der Waals surface area contributed by atoms with Gasteiger partial charge in [0.25, 0.3) is 0 Å². The van der Waals surface area contributed by atoms with Crippen molar-refractivity contribution >= 4 is 23.6 Å². The van der Waals surface area contributed by atoms with Gasteiger partial charge in [-0.25, -0.2) is 4.79 Å². The third-order valence-electron chi connectivity index (χ3n) is 2.57. The molecule has 1 aromatic carbocycles.